The number of nitriles is 1. The van der Waals surface area contributed by atoms with E-state index in [0.29, 0.717) is 23.9 Å². The molecule has 0 bridgehead atoms. The van der Waals surface area contributed by atoms with Crippen LogP contribution in [0.25, 0.3) is 0 Å². The largest absolute Gasteiger partial charge is 0.387 e. The molecule has 0 saturated heterocycles. The molecule has 0 amide bonds. The van der Waals surface area contributed by atoms with Crippen LogP contribution in [0.4, 0.5) is 0 Å². The van der Waals surface area contributed by atoms with Crippen LogP contribution >= 0.6 is 0 Å². The summed E-state index contributed by atoms with van der Waals surface area (Å²) in [6.07, 6.45) is 14.3. The molecule has 1 N–H and O–H groups in total. The molecule has 4 aliphatic carbocycles. The number of hydrogen-bond donors (Lipinski definition) is 1. The monoisotopic (exact) mass is 453 g/mol. The van der Waals surface area contributed by atoms with Gasteiger partial charge in [-0.1, -0.05) is 6.92 Å². The Kier molecular flexibility index (Phi) is 6.16. The molecule has 5 rings (SSSR count). The lowest BCUT2D eigenvalue weighted by atomic mass is 9.50. The highest BCUT2D eigenvalue weighted by atomic mass is 16.5. The number of aliphatic hydroxyl groups is 1. The lowest BCUT2D eigenvalue weighted by Gasteiger charge is -2.54. The van der Waals surface area contributed by atoms with Crippen molar-refractivity contribution in [1.29, 1.82) is 5.26 Å². The number of ketones is 1. The van der Waals surface area contributed by atoms with Gasteiger partial charge < -0.3 is 9.84 Å². The standard InChI is InChI=1S/C27H39N3O3/c1-26-10-8-21-20-9-12-27(32,17-33-2)11-7-19(20)3-4-22(21)23(26)5-6-24(26)25(31)16-30-15-18(13-28)14-29-30/h14-15,19-24,32H,3-12,16-17H2,1-2H3/t19-,20+,21-,22-,23+,24-,26+,27+/m1/s1. The van der Waals surface area contributed by atoms with E-state index >= 15 is 0 Å². The Hall–Kier alpha value is -1.71. The summed E-state index contributed by atoms with van der Waals surface area (Å²) in [5.74, 6) is 3.99. The topological polar surface area (TPSA) is 88.1 Å². The van der Waals surface area contributed by atoms with Crippen LogP contribution in [0, 0.1) is 52.3 Å². The van der Waals surface area contributed by atoms with Crippen molar-refractivity contribution in [2.75, 3.05) is 13.7 Å². The van der Waals surface area contributed by atoms with Gasteiger partial charge in [0.25, 0.3) is 0 Å². The van der Waals surface area contributed by atoms with E-state index < -0.39 is 5.60 Å². The molecular formula is C27H39N3O3. The summed E-state index contributed by atoms with van der Waals surface area (Å²) in [7, 11) is 1.69. The van der Waals surface area contributed by atoms with Crippen LogP contribution in [0.3, 0.4) is 0 Å². The van der Waals surface area contributed by atoms with Crippen LogP contribution < -0.4 is 0 Å². The van der Waals surface area contributed by atoms with E-state index in [1.807, 2.05) is 0 Å². The van der Waals surface area contributed by atoms with Gasteiger partial charge in [-0.3, -0.25) is 9.48 Å². The summed E-state index contributed by atoms with van der Waals surface area (Å²) in [6, 6.07) is 2.10. The van der Waals surface area contributed by atoms with Crippen LogP contribution in [0.2, 0.25) is 0 Å². The molecule has 0 aliphatic heterocycles. The van der Waals surface area contributed by atoms with Crippen LogP contribution in [-0.4, -0.2) is 40.0 Å². The van der Waals surface area contributed by atoms with E-state index in [4.69, 9.17) is 10.00 Å². The molecule has 1 aromatic heterocycles. The Morgan fingerprint density at radius 1 is 1.15 bits per heavy atom. The van der Waals surface area contributed by atoms with E-state index in [1.165, 1.54) is 31.9 Å². The molecule has 6 heteroatoms. The Morgan fingerprint density at radius 2 is 1.94 bits per heavy atom. The third-order valence-corrected chi connectivity index (χ3v) is 10.3. The van der Waals surface area contributed by atoms with Gasteiger partial charge in [0, 0.05) is 19.2 Å². The fourth-order valence-electron chi connectivity index (χ4n) is 8.78. The van der Waals surface area contributed by atoms with E-state index in [9.17, 15) is 9.90 Å². The summed E-state index contributed by atoms with van der Waals surface area (Å²) in [4.78, 5) is 13.4. The number of aromatic nitrogens is 2. The molecule has 0 aromatic carbocycles. The maximum Gasteiger partial charge on any atom is 0.157 e. The lowest BCUT2D eigenvalue weighted by molar-refractivity contribution is -0.130. The molecule has 4 fully saturated rings. The number of carbonyl (C=O) groups excluding carboxylic acids is 1. The second-order valence-corrected chi connectivity index (χ2v) is 11.8. The van der Waals surface area contributed by atoms with Gasteiger partial charge in [0.2, 0.25) is 0 Å². The number of Topliss-reactive ketones (excluding diaryl/α,β-unsaturated/α-hetero) is 1. The molecule has 4 saturated carbocycles. The van der Waals surface area contributed by atoms with Crippen molar-refractivity contribution in [3.05, 3.63) is 18.0 Å². The van der Waals surface area contributed by atoms with Gasteiger partial charge in [-0.15, -0.1) is 0 Å². The summed E-state index contributed by atoms with van der Waals surface area (Å²) < 4.78 is 6.99. The maximum absolute atomic E-state index is 13.4. The average Bonchev–Trinajstić information content (AvgIpc) is 3.35. The van der Waals surface area contributed by atoms with Crippen molar-refractivity contribution in [2.24, 2.45) is 40.9 Å². The first-order valence-electron chi connectivity index (χ1n) is 13.0. The summed E-state index contributed by atoms with van der Waals surface area (Å²) >= 11 is 0. The highest BCUT2D eigenvalue weighted by Gasteiger charge is 2.58. The smallest absolute Gasteiger partial charge is 0.157 e. The number of rotatable bonds is 5. The number of fused-ring (bicyclic) bond motifs is 5. The summed E-state index contributed by atoms with van der Waals surface area (Å²) in [5.41, 5.74) is -0.0397. The zero-order valence-electron chi connectivity index (χ0n) is 20.2. The average molecular weight is 454 g/mol. The molecule has 180 valence electrons. The van der Waals surface area contributed by atoms with Gasteiger partial charge >= 0.3 is 0 Å². The van der Waals surface area contributed by atoms with E-state index in [1.54, 1.807) is 18.0 Å². The minimum absolute atomic E-state index is 0.0951. The molecule has 0 spiro atoms. The van der Waals surface area contributed by atoms with E-state index in [-0.39, 0.29) is 17.9 Å². The number of nitrogens with zero attached hydrogens (tertiary/aromatic N) is 3. The number of carbonyl (C=O) groups is 1. The van der Waals surface area contributed by atoms with E-state index in [2.05, 4.69) is 18.1 Å². The number of methoxy groups -OCH3 is 1. The van der Waals surface area contributed by atoms with Crippen molar-refractivity contribution in [2.45, 2.75) is 83.3 Å². The minimum Gasteiger partial charge on any atom is -0.387 e. The van der Waals surface area contributed by atoms with Gasteiger partial charge in [0.15, 0.2) is 5.78 Å². The predicted molar refractivity (Wildman–Crippen MR) is 124 cm³/mol. The third kappa shape index (κ3) is 4.06. The highest BCUT2D eigenvalue weighted by molar-refractivity contribution is 5.82. The van der Waals surface area contributed by atoms with Gasteiger partial charge in [-0.25, -0.2) is 0 Å². The third-order valence-electron chi connectivity index (χ3n) is 10.3. The van der Waals surface area contributed by atoms with Crippen molar-refractivity contribution in [1.82, 2.24) is 9.78 Å². The van der Waals surface area contributed by atoms with Gasteiger partial charge in [0.1, 0.15) is 6.07 Å². The maximum atomic E-state index is 13.4. The Labute approximate surface area is 197 Å². The first-order valence-corrected chi connectivity index (χ1v) is 13.0. The van der Waals surface area contributed by atoms with Gasteiger partial charge in [-0.05, 0) is 99.2 Å². The SMILES string of the molecule is COC[C@]1(O)CC[C@H]2CC[C@@H]3[C@H](CC[C@]4(C)[C@@H](C(=O)Cn5cc(C#N)cn5)CC[C@@H]34)[C@H]2CC1. The summed E-state index contributed by atoms with van der Waals surface area (Å²) in [6.45, 7) is 3.13. The van der Waals surface area contributed by atoms with Crippen LogP contribution in [-0.2, 0) is 16.1 Å². The van der Waals surface area contributed by atoms with Crippen molar-refractivity contribution < 1.29 is 14.6 Å². The normalized spacial score (nSPS) is 42.5. The number of hydrogen-bond acceptors (Lipinski definition) is 5. The highest BCUT2D eigenvalue weighted by Crippen LogP contribution is 2.64. The molecule has 8 atom stereocenters. The fraction of sp³-hybridized carbons (Fsp3) is 0.815. The predicted octanol–water partition coefficient (Wildman–Crippen LogP) is 4.36. The van der Waals surface area contributed by atoms with Crippen molar-refractivity contribution in [3.63, 3.8) is 0 Å². The van der Waals surface area contributed by atoms with Crippen LogP contribution in [0.5, 0.6) is 0 Å². The van der Waals surface area contributed by atoms with Crippen molar-refractivity contribution in [3.8, 4) is 6.07 Å². The number of ether oxygens (including phenoxy) is 1. The molecule has 1 aromatic rings. The molecule has 1 heterocycles. The lowest BCUT2D eigenvalue weighted by Crippen LogP contribution is -2.48. The quantitative estimate of drug-likeness (QED) is 0.716. The first-order chi connectivity index (χ1) is 15.9. The van der Waals surface area contributed by atoms with Gasteiger partial charge in [0.05, 0.1) is 30.5 Å². The second kappa shape index (κ2) is 8.82. The second-order valence-electron chi connectivity index (χ2n) is 11.8. The molecule has 33 heavy (non-hydrogen) atoms. The Bertz CT molecular complexity index is 922. The van der Waals surface area contributed by atoms with Crippen molar-refractivity contribution >= 4 is 5.78 Å². The Morgan fingerprint density at radius 3 is 2.70 bits per heavy atom. The fourth-order valence-corrected chi connectivity index (χ4v) is 8.78. The summed E-state index contributed by atoms with van der Waals surface area (Å²) in [5, 5.41) is 24.3. The molecule has 0 radical (unpaired) electrons. The van der Waals surface area contributed by atoms with E-state index in [0.717, 1.165) is 62.2 Å². The molecule has 6 nitrogen and oxygen atoms in total. The zero-order chi connectivity index (χ0) is 23.2. The van der Waals surface area contributed by atoms with Gasteiger partial charge in [-0.2, -0.15) is 10.4 Å². The van der Waals surface area contributed by atoms with Crippen LogP contribution in [0.1, 0.15) is 76.7 Å². The van der Waals surface area contributed by atoms with Crippen LogP contribution in [0.15, 0.2) is 12.4 Å². The zero-order valence-corrected chi connectivity index (χ0v) is 20.2. The molecule has 4 aliphatic rings. The first kappa shape index (κ1) is 23.1. The molecule has 0 unspecified atom stereocenters. The minimum atomic E-state index is -0.645. The molecular weight excluding hydrogens is 414 g/mol. The Balaban J connectivity index is 1.29.